The van der Waals surface area contributed by atoms with Gasteiger partial charge in [0.25, 0.3) is 0 Å². The average Bonchev–Trinajstić information content (AvgIpc) is 2.91. The average molecular weight is 601 g/mol. The van der Waals surface area contributed by atoms with Gasteiger partial charge in [0.2, 0.25) is 0 Å². The minimum absolute atomic E-state index is 0.0229. The van der Waals surface area contributed by atoms with Crippen LogP contribution in [0, 0.1) is 56.2 Å². The van der Waals surface area contributed by atoms with E-state index in [1.54, 1.807) is 6.92 Å². The summed E-state index contributed by atoms with van der Waals surface area (Å²) in [6, 6.07) is 0. The number of aliphatic hydroxyl groups excluding tert-OH is 3. The van der Waals surface area contributed by atoms with E-state index >= 15 is 0 Å². The number of carbonyl (C=O) groups is 1. The zero-order valence-electron chi connectivity index (χ0n) is 28.2. The zero-order valence-corrected chi connectivity index (χ0v) is 28.2. The Kier molecular flexibility index (Phi) is 7.46. The smallest absolute Gasteiger partial charge is 0.310 e. The first-order valence-corrected chi connectivity index (χ1v) is 17.5. The second-order valence-corrected chi connectivity index (χ2v) is 18.3. The number of hydrogen-bond acceptors (Lipinski definition) is 5. The molecule has 13 atom stereocenters. The number of hydrogen-bond donors (Lipinski definition) is 4. The molecule has 5 fully saturated rings. The van der Waals surface area contributed by atoms with E-state index in [9.17, 15) is 25.2 Å². The molecule has 1 aliphatic heterocycles. The van der Waals surface area contributed by atoms with Crippen molar-refractivity contribution in [1.29, 1.82) is 0 Å². The largest absolute Gasteiger partial charge is 0.481 e. The molecule has 0 aromatic carbocycles. The molecule has 0 aromatic heterocycles. The number of aliphatic hydroxyl groups is 3. The van der Waals surface area contributed by atoms with Crippen molar-refractivity contribution in [3.63, 3.8) is 0 Å². The molecule has 244 valence electrons. The molecule has 0 bridgehead atoms. The normalized spacial score (nSPS) is 53.8. The Balaban J connectivity index is 1.30. The zero-order chi connectivity index (χ0) is 31.5. The van der Waals surface area contributed by atoms with Gasteiger partial charge in [0.15, 0.2) is 0 Å². The maximum atomic E-state index is 12.9. The molecule has 4 N–H and O–H groups in total. The lowest BCUT2D eigenvalue weighted by Gasteiger charge is -2.71. The highest BCUT2D eigenvalue weighted by atomic mass is 16.5. The number of rotatable bonds is 3. The molecular formula is C37H60O6. The van der Waals surface area contributed by atoms with Gasteiger partial charge < -0.3 is 25.2 Å². The summed E-state index contributed by atoms with van der Waals surface area (Å²) in [5.74, 6) is 1.03. The lowest BCUT2D eigenvalue weighted by molar-refractivity contribution is -0.232. The van der Waals surface area contributed by atoms with Crippen LogP contribution in [0.25, 0.3) is 0 Å². The molecule has 5 aliphatic carbocycles. The van der Waals surface area contributed by atoms with E-state index in [4.69, 9.17) is 4.74 Å². The van der Waals surface area contributed by atoms with Gasteiger partial charge in [0, 0.05) is 0 Å². The van der Waals surface area contributed by atoms with Crippen molar-refractivity contribution in [1.82, 2.24) is 0 Å². The number of carboxylic acid groups (broad SMARTS) is 1. The van der Waals surface area contributed by atoms with Gasteiger partial charge in [0.1, 0.15) is 18.3 Å². The number of allylic oxidation sites excluding steroid dienone is 2. The van der Waals surface area contributed by atoms with Crippen molar-refractivity contribution in [2.24, 2.45) is 56.2 Å². The maximum Gasteiger partial charge on any atom is 0.310 e. The molecule has 6 unspecified atom stereocenters. The summed E-state index contributed by atoms with van der Waals surface area (Å²) in [4.78, 5) is 12.9. The Hall–Kier alpha value is -0.950. The highest BCUT2D eigenvalue weighted by Crippen LogP contribution is 2.76. The summed E-state index contributed by atoms with van der Waals surface area (Å²) >= 11 is 0. The van der Waals surface area contributed by atoms with Crippen LogP contribution in [0.15, 0.2) is 11.6 Å². The van der Waals surface area contributed by atoms with E-state index in [0.29, 0.717) is 24.2 Å². The van der Waals surface area contributed by atoms with Crippen LogP contribution in [0.2, 0.25) is 0 Å². The van der Waals surface area contributed by atoms with Crippen LogP contribution in [0.5, 0.6) is 0 Å². The quantitative estimate of drug-likeness (QED) is 0.267. The van der Waals surface area contributed by atoms with Crippen LogP contribution in [-0.4, -0.2) is 56.9 Å². The van der Waals surface area contributed by atoms with E-state index in [2.05, 4.69) is 54.5 Å². The van der Waals surface area contributed by atoms with Gasteiger partial charge in [-0.05, 0) is 128 Å². The van der Waals surface area contributed by atoms with Gasteiger partial charge in [0.05, 0.1) is 17.6 Å². The molecule has 0 radical (unpaired) electrons. The lowest BCUT2D eigenvalue weighted by Crippen LogP contribution is -2.65. The summed E-state index contributed by atoms with van der Waals surface area (Å²) in [6.07, 6.45) is 9.16. The molecule has 4 saturated carbocycles. The SMILES string of the molecule is CC1O[C@@H](C[C@H]2CC[C@@]3(C)C(CC[C@]4(C)C3CC=C3C5CC(C)(C)CC[C@]5(C(=O)O)CC[C@]34C)C2(C)C)C(O)C(O)[C@H]1O. The van der Waals surface area contributed by atoms with Gasteiger partial charge in [-0.3, -0.25) is 4.79 Å². The fraction of sp³-hybridized carbons (Fsp3) is 0.919. The number of carboxylic acids is 1. The Labute approximate surface area is 260 Å². The second kappa shape index (κ2) is 10.0. The standard InChI is InChI=1S/C37H60O6/c1-21-28(38)30(40)29(39)25(43-21)19-22-11-13-34(6)26(33(22,4)5)12-14-36(8)27(34)10-9-23-24-20-32(2,3)15-17-37(24,31(41)42)18-16-35(23,36)7/h9,21-22,24-30,38-40H,10-20H2,1-8H3,(H,41,42)/t21?,22-,24?,25+,26?,27?,28+,29?,30?,34+,35-,36-,37+/m1/s1. The lowest BCUT2D eigenvalue weighted by atomic mass is 9.33. The first-order chi connectivity index (χ1) is 19.8. The van der Waals surface area contributed by atoms with E-state index in [-0.39, 0.29) is 33.0 Å². The van der Waals surface area contributed by atoms with Crippen LogP contribution >= 0.6 is 0 Å². The molecule has 1 heterocycles. The number of ether oxygens (including phenoxy) is 1. The van der Waals surface area contributed by atoms with Crippen LogP contribution in [-0.2, 0) is 9.53 Å². The van der Waals surface area contributed by atoms with Crippen molar-refractivity contribution in [2.75, 3.05) is 0 Å². The fourth-order valence-electron chi connectivity index (χ4n) is 12.7. The Morgan fingerprint density at radius 2 is 1.53 bits per heavy atom. The second-order valence-electron chi connectivity index (χ2n) is 18.3. The Morgan fingerprint density at radius 3 is 2.21 bits per heavy atom. The molecule has 0 amide bonds. The van der Waals surface area contributed by atoms with Gasteiger partial charge in [-0.15, -0.1) is 0 Å². The van der Waals surface area contributed by atoms with Crippen LogP contribution in [0.3, 0.4) is 0 Å². The van der Waals surface area contributed by atoms with E-state index in [1.807, 2.05) is 0 Å². The van der Waals surface area contributed by atoms with Crippen molar-refractivity contribution in [2.45, 2.75) is 157 Å². The predicted molar refractivity (Wildman–Crippen MR) is 167 cm³/mol. The van der Waals surface area contributed by atoms with Gasteiger partial charge in [-0.2, -0.15) is 0 Å². The molecule has 6 heteroatoms. The molecule has 0 aromatic rings. The van der Waals surface area contributed by atoms with Crippen LogP contribution in [0.1, 0.15) is 126 Å². The molecule has 6 rings (SSSR count). The van der Waals surface area contributed by atoms with E-state index in [0.717, 1.165) is 51.4 Å². The minimum atomic E-state index is -1.17. The third-order valence-electron chi connectivity index (χ3n) is 15.8. The van der Waals surface area contributed by atoms with Crippen LogP contribution in [0.4, 0.5) is 0 Å². The summed E-state index contributed by atoms with van der Waals surface area (Å²) in [6.45, 7) is 19.0. The summed E-state index contributed by atoms with van der Waals surface area (Å²) in [5.41, 5.74) is 1.45. The molecule has 6 nitrogen and oxygen atoms in total. The predicted octanol–water partition coefficient (Wildman–Crippen LogP) is 6.75. The van der Waals surface area contributed by atoms with Crippen molar-refractivity contribution in [3.8, 4) is 0 Å². The van der Waals surface area contributed by atoms with Crippen molar-refractivity contribution in [3.05, 3.63) is 11.6 Å². The van der Waals surface area contributed by atoms with Crippen molar-refractivity contribution >= 4 is 5.97 Å². The molecular weight excluding hydrogens is 540 g/mol. The first kappa shape index (κ1) is 32.0. The van der Waals surface area contributed by atoms with Gasteiger partial charge in [-0.1, -0.05) is 60.1 Å². The number of aliphatic carboxylic acids is 1. The number of fused-ring (bicyclic) bond motifs is 7. The first-order valence-electron chi connectivity index (χ1n) is 17.5. The molecule has 1 saturated heterocycles. The third-order valence-corrected chi connectivity index (χ3v) is 15.8. The van der Waals surface area contributed by atoms with E-state index < -0.39 is 41.9 Å². The van der Waals surface area contributed by atoms with Crippen LogP contribution < -0.4 is 0 Å². The summed E-state index contributed by atoms with van der Waals surface area (Å²) in [7, 11) is 0. The highest BCUT2D eigenvalue weighted by Gasteiger charge is 2.69. The van der Waals surface area contributed by atoms with Gasteiger partial charge in [-0.25, -0.2) is 0 Å². The van der Waals surface area contributed by atoms with E-state index in [1.165, 1.54) is 18.4 Å². The summed E-state index contributed by atoms with van der Waals surface area (Å²) < 4.78 is 6.09. The Morgan fingerprint density at radius 1 is 0.860 bits per heavy atom. The fourth-order valence-corrected chi connectivity index (χ4v) is 12.7. The monoisotopic (exact) mass is 600 g/mol. The molecule has 0 spiro atoms. The minimum Gasteiger partial charge on any atom is -0.481 e. The molecule has 43 heavy (non-hydrogen) atoms. The van der Waals surface area contributed by atoms with Crippen molar-refractivity contribution < 1.29 is 30.0 Å². The topological polar surface area (TPSA) is 107 Å². The highest BCUT2D eigenvalue weighted by molar-refractivity contribution is 5.76. The Bertz CT molecular complexity index is 1160. The van der Waals surface area contributed by atoms with Gasteiger partial charge >= 0.3 is 5.97 Å². The third kappa shape index (κ3) is 4.34. The maximum absolute atomic E-state index is 12.9. The summed E-state index contributed by atoms with van der Waals surface area (Å²) in [5, 5.41) is 42.2. The molecule has 6 aliphatic rings.